The summed E-state index contributed by atoms with van der Waals surface area (Å²) in [5, 5.41) is 2.56. The molecule has 1 heterocycles. The lowest BCUT2D eigenvalue weighted by Crippen LogP contribution is -2.34. The third-order valence-electron chi connectivity index (χ3n) is 10.8. The molecule has 0 bridgehead atoms. The molecule has 1 aromatic heterocycles. The summed E-state index contributed by atoms with van der Waals surface area (Å²) < 4.78 is 2.38. The number of hydrogen-bond acceptors (Lipinski definition) is 1. The Morgan fingerprint density at radius 1 is 0.540 bits per heavy atom. The van der Waals surface area contributed by atoms with Crippen molar-refractivity contribution in [2.75, 3.05) is 4.90 Å². The van der Waals surface area contributed by atoms with Crippen LogP contribution in [0.15, 0.2) is 193 Å². The molecule has 3 unspecified atom stereocenters. The maximum atomic E-state index is 2.55. The Balaban J connectivity index is 1.04. The van der Waals surface area contributed by atoms with Gasteiger partial charge in [-0.25, -0.2) is 0 Å². The van der Waals surface area contributed by atoms with Gasteiger partial charge in [-0.1, -0.05) is 128 Å². The van der Waals surface area contributed by atoms with E-state index in [9.17, 15) is 0 Å². The summed E-state index contributed by atoms with van der Waals surface area (Å²) in [6, 6.07) is 35.9. The lowest BCUT2D eigenvalue weighted by Gasteiger charge is -2.36. The Labute approximate surface area is 295 Å². The second-order valence-electron chi connectivity index (χ2n) is 13.9. The predicted molar refractivity (Wildman–Crippen MR) is 212 cm³/mol. The highest BCUT2D eigenvalue weighted by atomic mass is 15.2. The number of benzene rings is 4. The van der Waals surface area contributed by atoms with Gasteiger partial charge in [0.05, 0.1) is 17.1 Å². The van der Waals surface area contributed by atoms with Gasteiger partial charge in [-0.2, -0.15) is 0 Å². The molecule has 0 fully saturated rings. The minimum Gasteiger partial charge on any atom is -0.335 e. The highest BCUT2D eigenvalue weighted by molar-refractivity contribution is 6.10. The van der Waals surface area contributed by atoms with E-state index in [0.29, 0.717) is 11.8 Å². The number of aromatic nitrogens is 1. The fourth-order valence-corrected chi connectivity index (χ4v) is 8.22. The van der Waals surface area contributed by atoms with Crippen molar-refractivity contribution in [2.45, 2.75) is 38.1 Å². The van der Waals surface area contributed by atoms with E-state index in [0.717, 1.165) is 32.1 Å². The Morgan fingerprint density at radius 2 is 1.34 bits per heavy atom. The first-order valence-electron chi connectivity index (χ1n) is 18.2. The highest BCUT2D eigenvalue weighted by Gasteiger charge is 2.25. The summed E-state index contributed by atoms with van der Waals surface area (Å²) in [6.07, 6.45) is 36.0. The van der Waals surface area contributed by atoms with E-state index >= 15 is 0 Å². The van der Waals surface area contributed by atoms with Gasteiger partial charge in [-0.3, -0.25) is 0 Å². The zero-order chi connectivity index (χ0) is 33.3. The minimum atomic E-state index is 0.259. The molecule has 2 nitrogen and oxygen atoms in total. The second kappa shape index (κ2) is 13.4. The van der Waals surface area contributed by atoms with Crippen LogP contribution < -0.4 is 4.90 Å². The van der Waals surface area contributed by atoms with Gasteiger partial charge in [0.2, 0.25) is 0 Å². The molecule has 50 heavy (non-hydrogen) atoms. The van der Waals surface area contributed by atoms with E-state index in [4.69, 9.17) is 0 Å². The van der Waals surface area contributed by atoms with Crippen molar-refractivity contribution in [3.05, 3.63) is 193 Å². The molecule has 4 aliphatic carbocycles. The van der Waals surface area contributed by atoms with Crippen LogP contribution in [0, 0.1) is 11.8 Å². The summed E-state index contributed by atoms with van der Waals surface area (Å²) in [4.78, 5) is 2.55. The molecule has 5 aromatic rings. The highest BCUT2D eigenvalue weighted by Crippen LogP contribution is 2.38. The summed E-state index contributed by atoms with van der Waals surface area (Å²) >= 11 is 0. The molecule has 0 spiro atoms. The zero-order valence-corrected chi connectivity index (χ0v) is 28.4. The van der Waals surface area contributed by atoms with Crippen LogP contribution >= 0.6 is 0 Å². The Kier molecular flexibility index (Phi) is 8.14. The smallest absolute Gasteiger partial charge is 0.0559 e. The first-order chi connectivity index (χ1) is 24.8. The van der Waals surface area contributed by atoms with Crippen molar-refractivity contribution in [3.8, 4) is 16.8 Å². The van der Waals surface area contributed by atoms with E-state index in [-0.39, 0.29) is 6.04 Å². The minimum absolute atomic E-state index is 0.259. The summed E-state index contributed by atoms with van der Waals surface area (Å²) in [5.41, 5.74) is 11.5. The second-order valence-corrected chi connectivity index (χ2v) is 13.9. The fourth-order valence-electron chi connectivity index (χ4n) is 8.22. The summed E-state index contributed by atoms with van der Waals surface area (Å²) in [6.45, 7) is 0. The van der Waals surface area contributed by atoms with Gasteiger partial charge >= 0.3 is 0 Å². The van der Waals surface area contributed by atoms with Crippen LogP contribution in [0.4, 0.5) is 5.69 Å². The molecule has 0 amide bonds. The molecule has 4 aromatic carbocycles. The standard InChI is InChI=1S/C48H42N2/c1-4-12-35(13-5-1)37-20-27-42(28-21-37)49(43-29-22-38(23-30-43)36-14-6-2-7-15-36)44-31-24-39(25-32-44)40-26-33-48-46(34-40)45-18-10-11-19-47(45)50(48)41-16-8-3-9-17-41/h1,3-6,8-12,14-22,24-27,29-35,38,42H,2,7,13,23,28H2. The van der Waals surface area contributed by atoms with Crippen molar-refractivity contribution in [2.24, 2.45) is 11.8 Å². The quantitative estimate of drug-likeness (QED) is 0.171. The van der Waals surface area contributed by atoms with Crippen molar-refractivity contribution in [1.29, 1.82) is 0 Å². The average Bonchev–Trinajstić information content (AvgIpc) is 3.53. The number of anilines is 1. The number of allylic oxidation sites excluding steroid dienone is 13. The molecule has 244 valence electrons. The largest absolute Gasteiger partial charge is 0.335 e. The third kappa shape index (κ3) is 5.75. The number of fused-ring (bicyclic) bond motifs is 3. The molecule has 0 radical (unpaired) electrons. The molecule has 2 heteroatoms. The topological polar surface area (TPSA) is 8.17 Å². The number of para-hydroxylation sites is 2. The monoisotopic (exact) mass is 646 g/mol. The molecule has 9 rings (SSSR count). The van der Waals surface area contributed by atoms with Crippen LogP contribution in [0.25, 0.3) is 38.6 Å². The lowest BCUT2D eigenvalue weighted by molar-refractivity contribution is 0.705. The van der Waals surface area contributed by atoms with E-state index < -0.39 is 0 Å². The number of hydrogen-bond donors (Lipinski definition) is 0. The zero-order valence-electron chi connectivity index (χ0n) is 28.4. The van der Waals surface area contributed by atoms with Crippen LogP contribution in [0.5, 0.6) is 0 Å². The van der Waals surface area contributed by atoms with Gasteiger partial charge in [0.15, 0.2) is 0 Å². The van der Waals surface area contributed by atoms with Crippen LogP contribution in [-0.2, 0) is 0 Å². The van der Waals surface area contributed by atoms with E-state index in [1.807, 2.05) is 0 Å². The Bertz CT molecular complexity index is 2300. The van der Waals surface area contributed by atoms with E-state index in [2.05, 4.69) is 186 Å². The fraction of sp³-hybridized carbons (Fsp3) is 0.167. The number of rotatable bonds is 7. The van der Waals surface area contributed by atoms with Crippen molar-refractivity contribution >= 4 is 27.5 Å². The molecular weight excluding hydrogens is 605 g/mol. The molecule has 0 saturated heterocycles. The first kappa shape index (κ1) is 30.5. The molecule has 0 N–H and O–H groups in total. The summed E-state index contributed by atoms with van der Waals surface area (Å²) in [7, 11) is 0. The van der Waals surface area contributed by atoms with E-state index in [1.165, 1.54) is 61.2 Å². The maximum absolute atomic E-state index is 2.55. The summed E-state index contributed by atoms with van der Waals surface area (Å²) in [5.74, 6) is 0.942. The maximum Gasteiger partial charge on any atom is 0.0559 e. The number of nitrogens with zero attached hydrogens (tertiary/aromatic N) is 2. The van der Waals surface area contributed by atoms with Crippen LogP contribution in [0.1, 0.15) is 32.1 Å². The van der Waals surface area contributed by atoms with Crippen molar-refractivity contribution in [1.82, 2.24) is 4.57 Å². The molecule has 0 saturated carbocycles. The molecule has 3 atom stereocenters. The Morgan fingerprint density at radius 3 is 2.10 bits per heavy atom. The molecule has 4 aliphatic rings. The van der Waals surface area contributed by atoms with Crippen molar-refractivity contribution in [3.63, 3.8) is 0 Å². The molecule has 0 aliphatic heterocycles. The average molecular weight is 647 g/mol. The van der Waals surface area contributed by atoms with Crippen LogP contribution in [-0.4, -0.2) is 10.6 Å². The SMILES string of the molecule is C1=CCC(C2=CCC(N(C3=CCC(C4=CCCC=C4)C=C3)c3ccc(-c4ccc5c(c4)c4ccccc4n5-c4ccccc4)cc3)C=C2)C=C1. The van der Waals surface area contributed by atoms with Gasteiger partial charge in [0.25, 0.3) is 0 Å². The van der Waals surface area contributed by atoms with Gasteiger partial charge < -0.3 is 9.47 Å². The van der Waals surface area contributed by atoms with E-state index in [1.54, 1.807) is 0 Å². The van der Waals surface area contributed by atoms with Gasteiger partial charge in [0, 0.05) is 39.7 Å². The molecular formula is C48H42N2. The van der Waals surface area contributed by atoms with Crippen LogP contribution in [0.2, 0.25) is 0 Å². The third-order valence-corrected chi connectivity index (χ3v) is 10.8. The normalized spacial score (nSPS) is 21.4. The van der Waals surface area contributed by atoms with Crippen molar-refractivity contribution < 1.29 is 0 Å². The first-order valence-corrected chi connectivity index (χ1v) is 18.2. The van der Waals surface area contributed by atoms with Gasteiger partial charge in [-0.05, 0) is 103 Å². The van der Waals surface area contributed by atoms with Gasteiger partial charge in [-0.15, -0.1) is 0 Å². The van der Waals surface area contributed by atoms with Gasteiger partial charge in [0.1, 0.15) is 0 Å². The van der Waals surface area contributed by atoms with Crippen LogP contribution in [0.3, 0.4) is 0 Å². The predicted octanol–water partition coefficient (Wildman–Crippen LogP) is 12.4. The Hall–Kier alpha value is -5.60. The lowest BCUT2D eigenvalue weighted by atomic mass is 9.86.